The molecule has 0 fully saturated rings. The molecule has 0 bridgehead atoms. The summed E-state index contributed by atoms with van der Waals surface area (Å²) >= 11 is 0. The number of ether oxygens (including phenoxy) is 2. The van der Waals surface area contributed by atoms with Crippen molar-refractivity contribution in [2.24, 2.45) is 0 Å². The second-order valence-electron chi connectivity index (χ2n) is 5.70. The number of fused-ring (bicyclic) bond motifs is 1. The molecule has 5 nitrogen and oxygen atoms in total. The third-order valence-electron chi connectivity index (χ3n) is 4.15. The Morgan fingerprint density at radius 1 is 1.17 bits per heavy atom. The van der Waals surface area contributed by atoms with Crippen LogP contribution in [0.2, 0.25) is 0 Å². The Hall–Kier alpha value is -2.82. The Bertz CT molecular complexity index is 742. The Labute approximate surface area is 140 Å². The highest BCUT2D eigenvalue weighted by Gasteiger charge is 2.25. The number of alkyl carbamates (subject to hydrolysis) is 1. The number of benzene rings is 2. The van der Waals surface area contributed by atoms with E-state index in [0.717, 1.165) is 29.5 Å². The molecule has 0 aromatic heterocycles. The van der Waals surface area contributed by atoms with E-state index >= 15 is 0 Å². The van der Waals surface area contributed by atoms with Gasteiger partial charge in [-0.25, -0.2) is 9.59 Å². The first kappa shape index (κ1) is 16.1. The first-order valence-corrected chi connectivity index (χ1v) is 7.85. The number of methoxy groups -OCH3 is 1. The predicted molar refractivity (Wildman–Crippen MR) is 88.6 cm³/mol. The molecule has 2 aromatic carbocycles. The lowest BCUT2D eigenvalue weighted by atomic mass is 10.0. The zero-order chi connectivity index (χ0) is 16.9. The summed E-state index contributed by atoms with van der Waals surface area (Å²) in [7, 11) is 1.35. The van der Waals surface area contributed by atoms with E-state index in [1.807, 2.05) is 36.4 Å². The van der Waals surface area contributed by atoms with Crippen LogP contribution >= 0.6 is 0 Å². The minimum Gasteiger partial charge on any atom is -0.465 e. The summed E-state index contributed by atoms with van der Waals surface area (Å²) in [5, 5.41) is 2.88. The number of hydrogen-bond acceptors (Lipinski definition) is 4. The maximum Gasteiger partial charge on any atom is 0.407 e. The van der Waals surface area contributed by atoms with Crippen molar-refractivity contribution in [3.05, 3.63) is 70.8 Å². The molecule has 0 saturated carbocycles. The maximum absolute atomic E-state index is 12.0. The fourth-order valence-corrected chi connectivity index (χ4v) is 2.90. The van der Waals surface area contributed by atoms with Gasteiger partial charge >= 0.3 is 12.1 Å². The first-order chi connectivity index (χ1) is 11.7. The molecule has 1 amide bonds. The number of nitrogens with one attached hydrogen (secondary N) is 1. The third kappa shape index (κ3) is 3.56. The molecular weight excluding hydrogens is 306 g/mol. The zero-order valence-electron chi connectivity index (χ0n) is 13.5. The monoisotopic (exact) mass is 325 g/mol. The molecule has 24 heavy (non-hydrogen) atoms. The maximum atomic E-state index is 12.0. The number of hydrogen-bond donors (Lipinski definition) is 1. The van der Waals surface area contributed by atoms with Gasteiger partial charge in [0, 0.05) is 0 Å². The van der Waals surface area contributed by atoms with Crippen molar-refractivity contribution in [1.29, 1.82) is 0 Å². The lowest BCUT2D eigenvalue weighted by Crippen LogP contribution is -2.27. The van der Waals surface area contributed by atoms with Crippen LogP contribution in [0.5, 0.6) is 0 Å². The van der Waals surface area contributed by atoms with Gasteiger partial charge in [-0.2, -0.15) is 0 Å². The van der Waals surface area contributed by atoms with Gasteiger partial charge in [-0.1, -0.05) is 36.4 Å². The van der Waals surface area contributed by atoms with Gasteiger partial charge in [0.25, 0.3) is 0 Å². The lowest BCUT2D eigenvalue weighted by molar-refractivity contribution is 0.0600. The predicted octanol–water partition coefficient (Wildman–Crippen LogP) is 3.39. The van der Waals surface area contributed by atoms with E-state index in [9.17, 15) is 9.59 Å². The van der Waals surface area contributed by atoms with E-state index in [-0.39, 0.29) is 18.6 Å². The van der Waals surface area contributed by atoms with E-state index in [2.05, 4.69) is 5.32 Å². The van der Waals surface area contributed by atoms with Crippen molar-refractivity contribution in [1.82, 2.24) is 5.32 Å². The van der Waals surface area contributed by atoms with E-state index in [0.29, 0.717) is 5.56 Å². The minimum absolute atomic E-state index is 0.145. The highest BCUT2D eigenvalue weighted by Crippen LogP contribution is 2.32. The average molecular weight is 325 g/mol. The molecule has 1 aliphatic carbocycles. The summed E-state index contributed by atoms with van der Waals surface area (Å²) in [6.07, 6.45) is 1.20. The van der Waals surface area contributed by atoms with Crippen molar-refractivity contribution in [2.45, 2.75) is 25.5 Å². The highest BCUT2D eigenvalue weighted by molar-refractivity contribution is 5.89. The first-order valence-electron chi connectivity index (χ1n) is 7.85. The van der Waals surface area contributed by atoms with Gasteiger partial charge in [-0.3, -0.25) is 0 Å². The molecule has 0 aliphatic heterocycles. The SMILES string of the molecule is COC(=O)c1ccc2c(c1)C(NC(=O)OCc1ccccc1)CC2. The standard InChI is InChI=1S/C19H19NO4/c1-23-18(21)15-8-7-14-9-10-17(16(14)11-15)20-19(22)24-12-13-5-3-2-4-6-13/h2-8,11,17H,9-10,12H2,1H3,(H,20,22). The van der Waals surface area contributed by atoms with Crippen LogP contribution in [0.25, 0.3) is 0 Å². The Kier molecular flexibility index (Phi) is 4.79. The largest absolute Gasteiger partial charge is 0.465 e. The van der Waals surface area contributed by atoms with Gasteiger partial charge < -0.3 is 14.8 Å². The van der Waals surface area contributed by atoms with Crippen LogP contribution in [0.15, 0.2) is 48.5 Å². The van der Waals surface area contributed by atoms with Gasteiger partial charge in [0.05, 0.1) is 18.7 Å². The van der Waals surface area contributed by atoms with Crippen molar-refractivity contribution < 1.29 is 19.1 Å². The van der Waals surface area contributed by atoms with Gasteiger partial charge in [-0.15, -0.1) is 0 Å². The van der Waals surface area contributed by atoms with Gasteiger partial charge in [0.1, 0.15) is 6.61 Å². The molecule has 0 spiro atoms. The second kappa shape index (κ2) is 7.17. The normalized spacial score (nSPS) is 15.5. The van der Waals surface area contributed by atoms with E-state index in [1.165, 1.54) is 7.11 Å². The summed E-state index contributed by atoms with van der Waals surface area (Å²) in [6.45, 7) is 0.231. The second-order valence-corrected chi connectivity index (χ2v) is 5.70. The lowest BCUT2D eigenvalue weighted by Gasteiger charge is -2.15. The molecular formula is C19H19NO4. The topological polar surface area (TPSA) is 64.6 Å². The number of carbonyl (C=O) groups excluding carboxylic acids is 2. The molecule has 124 valence electrons. The molecule has 0 heterocycles. The molecule has 1 atom stereocenters. The summed E-state index contributed by atoms with van der Waals surface area (Å²) < 4.78 is 10.0. The summed E-state index contributed by atoms with van der Waals surface area (Å²) in [4.78, 5) is 23.7. The number of aryl methyl sites for hydroxylation is 1. The average Bonchev–Trinajstić information content (AvgIpc) is 3.02. The van der Waals surface area contributed by atoms with Crippen molar-refractivity contribution >= 4 is 12.1 Å². The van der Waals surface area contributed by atoms with Crippen LogP contribution in [0.1, 0.15) is 39.5 Å². The Morgan fingerprint density at radius 3 is 2.71 bits per heavy atom. The molecule has 1 aliphatic rings. The molecule has 2 aromatic rings. The number of amides is 1. The van der Waals surface area contributed by atoms with Crippen molar-refractivity contribution in [3.63, 3.8) is 0 Å². The van der Waals surface area contributed by atoms with Crippen LogP contribution in [0.4, 0.5) is 4.79 Å². The van der Waals surface area contributed by atoms with Crippen LogP contribution < -0.4 is 5.32 Å². The Morgan fingerprint density at radius 2 is 1.96 bits per heavy atom. The van der Waals surface area contributed by atoms with Crippen molar-refractivity contribution in [3.8, 4) is 0 Å². The summed E-state index contributed by atoms with van der Waals surface area (Å²) in [5.41, 5.74) is 3.51. The number of esters is 1. The summed E-state index contributed by atoms with van der Waals surface area (Å²) in [6, 6.07) is 14.8. The van der Waals surface area contributed by atoms with Gasteiger partial charge in [0.2, 0.25) is 0 Å². The van der Waals surface area contributed by atoms with Crippen LogP contribution in [0.3, 0.4) is 0 Å². The molecule has 1 unspecified atom stereocenters. The summed E-state index contributed by atoms with van der Waals surface area (Å²) in [5.74, 6) is -0.380. The molecule has 5 heteroatoms. The van der Waals surface area contributed by atoms with E-state index in [4.69, 9.17) is 9.47 Å². The molecule has 0 radical (unpaired) electrons. The molecule has 3 rings (SSSR count). The third-order valence-corrected chi connectivity index (χ3v) is 4.15. The molecule has 1 N–H and O–H groups in total. The quantitative estimate of drug-likeness (QED) is 0.875. The smallest absolute Gasteiger partial charge is 0.407 e. The minimum atomic E-state index is -0.458. The highest BCUT2D eigenvalue weighted by atomic mass is 16.5. The Balaban J connectivity index is 1.63. The van der Waals surface area contributed by atoms with Crippen LogP contribution in [-0.2, 0) is 22.5 Å². The number of carbonyl (C=O) groups is 2. The van der Waals surface area contributed by atoms with Crippen LogP contribution in [0, 0.1) is 0 Å². The van der Waals surface area contributed by atoms with Gasteiger partial charge in [0.15, 0.2) is 0 Å². The fraction of sp³-hybridized carbons (Fsp3) is 0.263. The number of rotatable bonds is 4. The molecule has 0 saturated heterocycles. The zero-order valence-corrected chi connectivity index (χ0v) is 13.5. The van der Waals surface area contributed by atoms with Gasteiger partial charge in [-0.05, 0) is 41.7 Å². The van der Waals surface area contributed by atoms with Crippen molar-refractivity contribution in [2.75, 3.05) is 7.11 Å². The fourth-order valence-electron chi connectivity index (χ4n) is 2.90. The van der Waals surface area contributed by atoms with E-state index in [1.54, 1.807) is 12.1 Å². The van der Waals surface area contributed by atoms with Crippen LogP contribution in [-0.4, -0.2) is 19.2 Å². The van der Waals surface area contributed by atoms with E-state index < -0.39 is 6.09 Å².